The van der Waals surface area contributed by atoms with E-state index in [9.17, 15) is 9.59 Å². The van der Waals surface area contributed by atoms with Crippen LogP contribution < -0.4 is 5.32 Å². The molecule has 0 radical (unpaired) electrons. The van der Waals surface area contributed by atoms with Gasteiger partial charge in [-0.2, -0.15) is 0 Å². The summed E-state index contributed by atoms with van der Waals surface area (Å²) in [5.74, 6) is 0. The largest absolute Gasteiger partial charge is 0.336 e. The lowest BCUT2D eigenvalue weighted by atomic mass is 10.6. The highest BCUT2D eigenvalue weighted by Gasteiger charge is 2.24. The standard InChI is InChI=1S/C7H14N2O.C5H10N2O/c1-3-8-5-6-9(4-2)7(8)10;1-2-7-4-3-6-5(7)8/h3-6H2,1-2H3;2-4H2,1H3,(H,6,8). The minimum atomic E-state index is 0.0764. The van der Waals surface area contributed by atoms with E-state index >= 15 is 0 Å². The predicted molar refractivity (Wildman–Crippen MR) is 70.5 cm³/mol. The Morgan fingerprint density at radius 1 is 0.889 bits per heavy atom. The van der Waals surface area contributed by atoms with Crippen LogP contribution in [0, 0.1) is 0 Å². The minimum absolute atomic E-state index is 0.0764. The van der Waals surface area contributed by atoms with Crippen LogP contribution >= 0.6 is 0 Å². The Balaban J connectivity index is 0.000000184. The Kier molecular flexibility index (Phi) is 5.74. The van der Waals surface area contributed by atoms with E-state index in [4.69, 9.17) is 0 Å². The summed E-state index contributed by atoms with van der Waals surface area (Å²) in [6.45, 7) is 12.0. The number of likely N-dealkylation sites (N-methyl/N-ethyl adjacent to an activating group) is 3. The fourth-order valence-electron chi connectivity index (χ4n) is 2.03. The van der Waals surface area contributed by atoms with Crippen LogP contribution in [0.25, 0.3) is 0 Å². The van der Waals surface area contributed by atoms with Gasteiger partial charge in [0.2, 0.25) is 0 Å². The Morgan fingerprint density at radius 3 is 1.61 bits per heavy atom. The van der Waals surface area contributed by atoms with Crippen LogP contribution in [0.5, 0.6) is 0 Å². The number of carbonyl (C=O) groups excluding carboxylic acids is 2. The third-order valence-corrected chi connectivity index (χ3v) is 3.27. The van der Waals surface area contributed by atoms with E-state index in [-0.39, 0.29) is 12.1 Å². The summed E-state index contributed by atoms with van der Waals surface area (Å²) in [6.07, 6.45) is 0. The fourth-order valence-corrected chi connectivity index (χ4v) is 2.03. The average Bonchev–Trinajstić information content (AvgIpc) is 2.95. The van der Waals surface area contributed by atoms with Gasteiger partial charge in [0, 0.05) is 45.8 Å². The SMILES string of the molecule is CCN1CCN(CC)C1=O.CCN1CCNC1=O. The Labute approximate surface area is 109 Å². The first kappa shape index (κ1) is 14.6. The monoisotopic (exact) mass is 256 g/mol. The third-order valence-electron chi connectivity index (χ3n) is 3.27. The molecule has 0 aromatic heterocycles. The summed E-state index contributed by atoms with van der Waals surface area (Å²) in [5.41, 5.74) is 0. The summed E-state index contributed by atoms with van der Waals surface area (Å²) in [7, 11) is 0. The maximum atomic E-state index is 11.2. The van der Waals surface area contributed by atoms with E-state index in [0.29, 0.717) is 0 Å². The van der Waals surface area contributed by atoms with Gasteiger partial charge in [-0.05, 0) is 20.8 Å². The molecule has 0 aliphatic carbocycles. The van der Waals surface area contributed by atoms with Crippen LogP contribution in [0.3, 0.4) is 0 Å². The second-order valence-electron chi connectivity index (χ2n) is 4.25. The van der Waals surface area contributed by atoms with Gasteiger partial charge >= 0.3 is 12.1 Å². The molecule has 104 valence electrons. The van der Waals surface area contributed by atoms with Gasteiger partial charge in [0.05, 0.1) is 0 Å². The fraction of sp³-hybridized carbons (Fsp3) is 0.833. The lowest BCUT2D eigenvalue weighted by Gasteiger charge is -2.14. The molecule has 1 N–H and O–H groups in total. The molecule has 18 heavy (non-hydrogen) atoms. The van der Waals surface area contributed by atoms with Crippen molar-refractivity contribution in [1.82, 2.24) is 20.0 Å². The van der Waals surface area contributed by atoms with Crippen LogP contribution in [0.1, 0.15) is 20.8 Å². The summed E-state index contributed by atoms with van der Waals surface area (Å²) in [5, 5.41) is 2.71. The number of amides is 4. The maximum absolute atomic E-state index is 11.2. The molecule has 2 saturated heterocycles. The summed E-state index contributed by atoms with van der Waals surface area (Å²) in [4.78, 5) is 27.3. The number of nitrogens with one attached hydrogen (secondary N) is 1. The van der Waals surface area contributed by atoms with Crippen molar-refractivity contribution >= 4 is 12.1 Å². The molecule has 4 amide bonds. The van der Waals surface area contributed by atoms with Crippen molar-refractivity contribution in [3.8, 4) is 0 Å². The van der Waals surface area contributed by atoms with Gasteiger partial charge < -0.3 is 20.0 Å². The lowest BCUT2D eigenvalue weighted by molar-refractivity contribution is 0.195. The topological polar surface area (TPSA) is 55.9 Å². The number of carbonyl (C=O) groups is 2. The van der Waals surface area contributed by atoms with E-state index in [1.165, 1.54) is 0 Å². The molecule has 0 atom stereocenters. The van der Waals surface area contributed by atoms with Gasteiger partial charge in [0.25, 0.3) is 0 Å². The van der Waals surface area contributed by atoms with Crippen LogP contribution in [0.15, 0.2) is 0 Å². The molecule has 2 rings (SSSR count). The number of rotatable bonds is 3. The first-order chi connectivity index (χ1) is 8.63. The van der Waals surface area contributed by atoms with Crippen molar-refractivity contribution in [3.05, 3.63) is 0 Å². The molecular weight excluding hydrogens is 232 g/mol. The molecule has 0 saturated carbocycles. The lowest BCUT2D eigenvalue weighted by Crippen LogP contribution is -2.31. The Bertz CT molecular complexity index is 282. The highest BCUT2D eigenvalue weighted by atomic mass is 16.2. The molecule has 0 unspecified atom stereocenters. The zero-order valence-electron chi connectivity index (χ0n) is 11.6. The van der Waals surface area contributed by atoms with Crippen LogP contribution in [-0.4, -0.2) is 72.6 Å². The highest BCUT2D eigenvalue weighted by Crippen LogP contribution is 2.06. The van der Waals surface area contributed by atoms with Gasteiger partial charge in [-0.25, -0.2) is 9.59 Å². The van der Waals surface area contributed by atoms with Crippen molar-refractivity contribution < 1.29 is 9.59 Å². The van der Waals surface area contributed by atoms with Crippen LogP contribution in [0.2, 0.25) is 0 Å². The Hall–Kier alpha value is -1.46. The first-order valence-corrected chi connectivity index (χ1v) is 6.70. The quantitative estimate of drug-likeness (QED) is 0.812. The van der Waals surface area contributed by atoms with Crippen LogP contribution in [0.4, 0.5) is 9.59 Å². The summed E-state index contributed by atoms with van der Waals surface area (Å²) in [6, 6.07) is 0.275. The van der Waals surface area contributed by atoms with E-state index < -0.39 is 0 Å². The first-order valence-electron chi connectivity index (χ1n) is 6.70. The van der Waals surface area contributed by atoms with Gasteiger partial charge in [-0.1, -0.05) is 0 Å². The van der Waals surface area contributed by atoms with Gasteiger partial charge in [0.1, 0.15) is 0 Å². The second-order valence-corrected chi connectivity index (χ2v) is 4.25. The molecule has 6 heteroatoms. The number of urea groups is 2. The van der Waals surface area contributed by atoms with E-state index in [1.807, 2.05) is 30.6 Å². The highest BCUT2D eigenvalue weighted by molar-refractivity contribution is 5.76. The molecule has 0 bridgehead atoms. The van der Waals surface area contributed by atoms with Gasteiger partial charge in [-0.15, -0.1) is 0 Å². The molecule has 6 nitrogen and oxygen atoms in total. The number of hydrogen-bond acceptors (Lipinski definition) is 2. The van der Waals surface area contributed by atoms with E-state index in [2.05, 4.69) is 5.32 Å². The molecule has 0 aromatic rings. The molecule has 0 spiro atoms. The van der Waals surface area contributed by atoms with E-state index in [0.717, 1.165) is 45.8 Å². The molecule has 2 aliphatic heterocycles. The zero-order valence-corrected chi connectivity index (χ0v) is 11.6. The summed E-state index contributed by atoms with van der Waals surface area (Å²) < 4.78 is 0. The van der Waals surface area contributed by atoms with Gasteiger partial charge in [0.15, 0.2) is 0 Å². The molecule has 0 aromatic carbocycles. The predicted octanol–water partition coefficient (Wildman–Crippen LogP) is 0.795. The average molecular weight is 256 g/mol. The maximum Gasteiger partial charge on any atom is 0.320 e. The molecule has 2 aliphatic rings. The van der Waals surface area contributed by atoms with Crippen molar-refractivity contribution in [1.29, 1.82) is 0 Å². The van der Waals surface area contributed by atoms with Crippen molar-refractivity contribution in [2.24, 2.45) is 0 Å². The third kappa shape index (κ3) is 3.51. The molecular formula is C12H24N4O2. The smallest absolute Gasteiger partial charge is 0.320 e. The van der Waals surface area contributed by atoms with Gasteiger partial charge in [-0.3, -0.25) is 0 Å². The van der Waals surface area contributed by atoms with E-state index in [1.54, 1.807) is 4.90 Å². The number of hydrogen-bond donors (Lipinski definition) is 1. The molecule has 2 fully saturated rings. The Morgan fingerprint density at radius 2 is 1.39 bits per heavy atom. The van der Waals surface area contributed by atoms with Crippen molar-refractivity contribution in [2.45, 2.75) is 20.8 Å². The normalized spacial score (nSPS) is 18.9. The zero-order chi connectivity index (χ0) is 13.5. The minimum Gasteiger partial charge on any atom is -0.336 e. The number of nitrogens with zero attached hydrogens (tertiary/aromatic N) is 3. The molecule has 2 heterocycles. The van der Waals surface area contributed by atoms with Crippen molar-refractivity contribution in [3.63, 3.8) is 0 Å². The summed E-state index contributed by atoms with van der Waals surface area (Å²) >= 11 is 0. The van der Waals surface area contributed by atoms with Crippen LogP contribution in [-0.2, 0) is 0 Å². The second kappa shape index (κ2) is 7.08. The van der Waals surface area contributed by atoms with Crippen molar-refractivity contribution in [2.75, 3.05) is 45.8 Å².